The molecular formula is C16H17ClN4O3. The van der Waals surface area contributed by atoms with Crippen LogP contribution in [-0.4, -0.2) is 26.9 Å². The molecule has 8 heteroatoms. The van der Waals surface area contributed by atoms with E-state index in [0.717, 1.165) is 29.7 Å². The molecule has 0 bridgehead atoms. The van der Waals surface area contributed by atoms with Crippen molar-refractivity contribution in [3.63, 3.8) is 0 Å². The number of aryl methyl sites for hydroxylation is 1. The molecular weight excluding hydrogens is 332 g/mol. The number of fused-ring (bicyclic) bond motifs is 1. The number of amides is 2. The first-order valence-electron chi connectivity index (χ1n) is 7.57. The van der Waals surface area contributed by atoms with E-state index in [1.807, 2.05) is 13.0 Å². The average Bonchev–Trinajstić information content (AvgIpc) is 3.05. The number of carbonyl (C=O) groups is 2. The van der Waals surface area contributed by atoms with Crippen LogP contribution in [0.3, 0.4) is 0 Å². The van der Waals surface area contributed by atoms with Crippen molar-refractivity contribution in [2.75, 3.05) is 0 Å². The highest BCUT2D eigenvalue weighted by atomic mass is 35.5. The van der Waals surface area contributed by atoms with Gasteiger partial charge in [-0.25, -0.2) is 0 Å². The van der Waals surface area contributed by atoms with E-state index in [2.05, 4.69) is 10.1 Å². The minimum absolute atomic E-state index is 0. The predicted octanol–water partition coefficient (Wildman–Crippen LogP) is 1.93. The van der Waals surface area contributed by atoms with Crippen LogP contribution < -0.4 is 5.73 Å². The largest absolute Gasteiger partial charge is 0.337 e. The first kappa shape index (κ1) is 16.6. The zero-order valence-electron chi connectivity index (χ0n) is 13.1. The highest BCUT2D eigenvalue weighted by molar-refractivity contribution is 6.21. The summed E-state index contributed by atoms with van der Waals surface area (Å²) in [5.74, 6) is 0.00423. The van der Waals surface area contributed by atoms with Crippen LogP contribution in [0, 0.1) is 6.92 Å². The van der Waals surface area contributed by atoms with Crippen LogP contribution in [0.5, 0.6) is 0 Å². The molecule has 4 rings (SSSR count). The lowest BCUT2D eigenvalue weighted by atomic mass is 9.77. The number of rotatable bonds is 3. The Morgan fingerprint density at radius 3 is 2.62 bits per heavy atom. The van der Waals surface area contributed by atoms with Gasteiger partial charge in [0.1, 0.15) is 6.54 Å². The number of carbonyl (C=O) groups excluding carboxylic acids is 2. The predicted molar refractivity (Wildman–Crippen MR) is 86.6 cm³/mol. The lowest BCUT2D eigenvalue weighted by Crippen LogP contribution is -2.44. The lowest BCUT2D eigenvalue weighted by Gasteiger charge is -2.34. The van der Waals surface area contributed by atoms with Crippen LogP contribution in [0.4, 0.5) is 0 Å². The maximum absolute atomic E-state index is 12.4. The molecule has 2 heterocycles. The van der Waals surface area contributed by atoms with Crippen LogP contribution in [0.2, 0.25) is 0 Å². The van der Waals surface area contributed by atoms with Gasteiger partial charge >= 0.3 is 0 Å². The average molecular weight is 349 g/mol. The van der Waals surface area contributed by atoms with Crippen molar-refractivity contribution in [2.24, 2.45) is 5.73 Å². The Hall–Kier alpha value is -2.25. The van der Waals surface area contributed by atoms with E-state index < -0.39 is 5.54 Å². The third-order valence-corrected chi connectivity index (χ3v) is 4.58. The molecule has 2 aromatic rings. The fourth-order valence-electron chi connectivity index (χ4n) is 2.99. The molecule has 0 atom stereocenters. The Bertz CT molecular complexity index is 828. The molecule has 0 unspecified atom stereocenters. The molecule has 1 aliphatic carbocycles. The van der Waals surface area contributed by atoms with Crippen molar-refractivity contribution in [3.05, 3.63) is 46.6 Å². The van der Waals surface area contributed by atoms with Gasteiger partial charge in [-0.15, -0.1) is 12.4 Å². The van der Waals surface area contributed by atoms with Gasteiger partial charge in [-0.1, -0.05) is 16.8 Å². The van der Waals surface area contributed by atoms with E-state index in [9.17, 15) is 9.59 Å². The second kappa shape index (κ2) is 5.68. The van der Waals surface area contributed by atoms with Crippen LogP contribution in [0.15, 0.2) is 22.7 Å². The van der Waals surface area contributed by atoms with Crippen molar-refractivity contribution in [1.82, 2.24) is 15.0 Å². The molecule has 1 aliphatic heterocycles. The van der Waals surface area contributed by atoms with Crippen molar-refractivity contribution in [3.8, 4) is 0 Å². The molecule has 2 N–H and O–H groups in total. The molecule has 1 aromatic carbocycles. The number of imide groups is 1. The SMILES string of the molecule is Cc1ccc2c(c1)C(=O)N(Cc1nc(C3(N)CCC3)no1)C2=O.Cl. The first-order valence-corrected chi connectivity index (χ1v) is 7.57. The van der Waals surface area contributed by atoms with Gasteiger partial charge in [0.25, 0.3) is 11.8 Å². The van der Waals surface area contributed by atoms with Crippen LogP contribution >= 0.6 is 12.4 Å². The number of hydrogen-bond acceptors (Lipinski definition) is 6. The number of nitrogens with zero attached hydrogens (tertiary/aromatic N) is 3. The van der Waals surface area contributed by atoms with Gasteiger partial charge in [0, 0.05) is 0 Å². The zero-order valence-corrected chi connectivity index (χ0v) is 13.9. The molecule has 0 spiro atoms. The monoisotopic (exact) mass is 348 g/mol. The number of nitrogens with two attached hydrogens (primary N) is 1. The van der Waals surface area contributed by atoms with Crippen LogP contribution in [0.1, 0.15) is 57.3 Å². The summed E-state index contributed by atoms with van der Waals surface area (Å²) in [5.41, 5.74) is 7.39. The summed E-state index contributed by atoms with van der Waals surface area (Å²) in [5, 5.41) is 3.90. The fraction of sp³-hybridized carbons (Fsp3) is 0.375. The van der Waals surface area contributed by atoms with Gasteiger partial charge in [0.2, 0.25) is 5.89 Å². The Balaban J connectivity index is 0.00000169. The molecule has 1 saturated carbocycles. The van der Waals surface area contributed by atoms with Crippen LogP contribution in [-0.2, 0) is 12.1 Å². The first-order chi connectivity index (χ1) is 11.0. The molecule has 1 fully saturated rings. The Morgan fingerprint density at radius 2 is 1.96 bits per heavy atom. The minimum atomic E-state index is -0.527. The van der Waals surface area contributed by atoms with Crippen molar-refractivity contribution < 1.29 is 14.1 Å². The van der Waals surface area contributed by atoms with E-state index in [1.165, 1.54) is 0 Å². The molecule has 0 radical (unpaired) electrons. The molecule has 7 nitrogen and oxygen atoms in total. The third-order valence-electron chi connectivity index (χ3n) is 4.58. The van der Waals surface area contributed by atoms with Gasteiger partial charge in [-0.2, -0.15) is 4.98 Å². The number of halogens is 1. The Kier molecular flexibility index (Phi) is 3.93. The van der Waals surface area contributed by atoms with Crippen molar-refractivity contribution >= 4 is 24.2 Å². The smallest absolute Gasteiger partial charge is 0.262 e. The molecule has 0 saturated heterocycles. The normalized spacial score (nSPS) is 18.2. The summed E-state index contributed by atoms with van der Waals surface area (Å²) in [6.07, 6.45) is 2.68. The highest BCUT2D eigenvalue weighted by Gasteiger charge is 2.40. The third kappa shape index (κ3) is 2.40. The maximum Gasteiger partial charge on any atom is 0.262 e. The Morgan fingerprint density at radius 1 is 1.25 bits per heavy atom. The zero-order chi connectivity index (χ0) is 16.2. The molecule has 2 aliphatic rings. The van der Waals surface area contributed by atoms with Gasteiger partial charge in [0.05, 0.1) is 16.7 Å². The van der Waals surface area contributed by atoms with Gasteiger partial charge in [-0.05, 0) is 38.3 Å². The van der Waals surface area contributed by atoms with Crippen molar-refractivity contribution in [2.45, 2.75) is 38.3 Å². The summed E-state index contributed by atoms with van der Waals surface area (Å²) >= 11 is 0. The quantitative estimate of drug-likeness (QED) is 0.850. The van der Waals surface area contributed by atoms with E-state index in [0.29, 0.717) is 17.0 Å². The number of hydrogen-bond donors (Lipinski definition) is 1. The van der Waals surface area contributed by atoms with E-state index in [-0.39, 0.29) is 36.7 Å². The van der Waals surface area contributed by atoms with E-state index >= 15 is 0 Å². The summed E-state index contributed by atoms with van der Waals surface area (Å²) in [4.78, 5) is 30.2. The summed E-state index contributed by atoms with van der Waals surface area (Å²) < 4.78 is 5.18. The fourth-order valence-corrected chi connectivity index (χ4v) is 2.99. The summed E-state index contributed by atoms with van der Waals surface area (Å²) in [6, 6.07) is 5.21. The van der Waals surface area contributed by atoms with Gasteiger partial charge in [0.15, 0.2) is 5.82 Å². The second-order valence-electron chi connectivity index (χ2n) is 6.27. The highest BCUT2D eigenvalue weighted by Crippen LogP contribution is 2.37. The topological polar surface area (TPSA) is 102 Å². The second-order valence-corrected chi connectivity index (χ2v) is 6.27. The van der Waals surface area contributed by atoms with Crippen LogP contribution in [0.25, 0.3) is 0 Å². The Labute approximate surface area is 144 Å². The summed E-state index contributed by atoms with van der Waals surface area (Å²) in [6.45, 7) is 1.85. The minimum Gasteiger partial charge on any atom is -0.337 e. The molecule has 24 heavy (non-hydrogen) atoms. The summed E-state index contributed by atoms with van der Waals surface area (Å²) in [7, 11) is 0. The lowest BCUT2D eigenvalue weighted by molar-refractivity contribution is 0.0625. The van der Waals surface area contributed by atoms with Gasteiger partial charge in [-0.3, -0.25) is 14.5 Å². The van der Waals surface area contributed by atoms with E-state index in [1.54, 1.807) is 12.1 Å². The molecule has 2 amide bonds. The molecule has 126 valence electrons. The standard InChI is InChI=1S/C16H16N4O3.ClH/c1-9-3-4-10-11(7-9)14(22)20(13(10)21)8-12-18-15(19-23-12)16(17)5-2-6-16;/h3-4,7H,2,5-6,8,17H2,1H3;1H. The van der Waals surface area contributed by atoms with E-state index in [4.69, 9.17) is 10.3 Å². The molecule has 1 aromatic heterocycles. The number of benzene rings is 1. The maximum atomic E-state index is 12.4. The van der Waals surface area contributed by atoms with Crippen molar-refractivity contribution in [1.29, 1.82) is 0 Å². The number of aromatic nitrogens is 2. The van der Waals surface area contributed by atoms with Gasteiger partial charge < -0.3 is 10.3 Å².